The fourth-order valence-electron chi connectivity index (χ4n) is 4.71. The molecule has 8 nitrogen and oxygen atoms in total. The van der Waals surface area contributed by atoms with Gasteiger partial charge in [0.2, 0.25) is 0 Å². The highest BCUT2D eigenvalue weighted by molar-refractivity contribution is 6.51. The third kappa shape index (κ3) is 5.91. The van der Waals surface area contributed by atoms with Crippen molar-refractivity contribution in [2.45, 2.75) is 39.2 Å². The Morgan fingerprint density at radius 3 is 2.10 bits per heavy atom. The first-order valence-corrected chi connectivity index (χ1v) is 13.4. The minimum absolute atomic E-state index is 0.0253. The maximum atomic E-state index is 13.5. The van der Waals surface area contributed by atoms with E-state index in [9.17, 15) is 14.7 Å². The topological polar surface area (TPSA) is 94.5 Å². The van der Waals surface area contributed by atoms with Gasteiger partial charge in [-0.15, -0.1) is 0 Å². The molecule has 8 heteroatoms. The molecular formula is C32H35NO7. The van der Waals surface area contributed by atoms with Crippen molar-refractivity contribution in [3.8, 4) is 23.0 Å². The Labute approximate surface area is 234 Å². The number of hydrogen-bond donors (Lipinski definition) is 1. The fraction of sp³-hybridized carbons (Fsp3) is 0.312. The zero-order valence-corrected chi connectivity index (χ0v) is 23.3. The number of ketones is 1. The predicted molar refractivity (Wildman–Crippen MR) is 153 cm³/mol. The number of unbranched alkanes of at least 4 members (excludes halogenated alkanes) is 2. The lowest BCUT2D eigenvalue weighted by molar-refractivity contribution is -0.132. The van der Waals surface area contributed by atoms with E-state index in [1.807, 2.05) is 6.92 Å². The number of aliphatic hydroxyl groups excluding tert-OH is 1. The summed E-state index contributed by atoms with van der Waals surface area (Å²) in [5.74, 6) is 0.429. The number of benzene rings is 3. The molecule has 0 aromatic heterocycles. The third-order valence-corrected chi connectivity index (χ3v) is 6.74. The van der Waals surface area contributed by atoms with Crippen LogP contribution in [0.2, 0.25) is 0 Å². The summed E-state index contributed by atoms with van der Waals surface area (Å²) in [7, 11) is 3.04. The molecular weight excluding hydrogens is 510 g/mol. The Balaban J connectivity index is 1.79. The first kappa shape index (κ1) is 28.5. The molecule has 1 saturated heterocycles. The van der Waals surface area contributed by atoms with E-state index < -0.39 is 17.7 Å². The second-order valence-electron chi connectivity index (χ2n) is 9.29. The van der Waals surface area contributed by atoms with Crippen molar-refractivity contribution < 1.29 is 33.6 Å². The molecule has 1 amide bonds. The Hall–Kier alpha value is -4.46. The van der Waals surface area contributed by atoms with Gasteiger partial charge < -0.3 is 24.1 Å². The largest absolute Gasteiger partial charge is 0.507 e. The van der Waals surface area contributed by atoms with E-state index in [-0.39, 0.29) is 11.3 Å². The van der Waals surface area contributed by atoms with Crippen molar-refractivity contribution in [1.82, 2.24) is 0 Å². The number of aliphatic hydroxyl groups is 1. The van der Waals surface area contributed by atoms with Crippen LogP contribution in [0.4, 0.5) is 5.69 Å². The number of anilines is 1. The number of rotatable bonds is 12. The zero-order valence-electron chi connectivity index (χ0n) is 23.3. The maximum absolute atomic E-state index is 13.5. The standard InChI is InChI=1S/C32H35NO7/c1-5-7-8-19-40-25-14-9-21(10-15-25)30(34)28-29(22-11-18-26(37-3)27(20-22)38-4)33(32(36)31(28)35)23-12-16-24(17-13-23)39-6-2/h9-18,20,29,34H,5-8,19H2,1-4H3/b30-28-. The fourth-order valence-corrected chi connectivity index (χ4v) is 4.71. The number of ether oxygens (including phenoxy) is 4. The maximum Gasteiger partial charge on any atom is 0.300 e. The van der Waals surface area contributed by atoms with Crippen molar-refractivity contribution in [2.24, 2.45) is 0 Å². The van der Waals surface area contributed by atoms with Gasteiger partial charge in [-0.05, 0) is 79.6 Å². The van der Waals surface area contributed by atoms with Crippen LogP contribution in [-0.2, 0) is 9.59 Å². The Bertz CT molecular complexity index is 1360. The van der Waals surface area contributed by atoms with Gasteiger partial charge in [-0.25, -0.2) is 0 Å². The van der Waals surface area contributed by atoms with Gasteiger partial charge >= 0.3 is 0 Å². The van der Waals surface area contributed by atoms with Gasteiger partial charge in [0.15, 0.2) is 11.5 Å². The lowest BCUT2D eigenvalue weighted by atomic mass is 9.94. The molecule has 1 aliphatic heterocycles. The van der Waals surface area contributed by atoms with E-state index in [0.29, 0.717) is 53.0 Å². The minimum Gasteiger partial charge on any atom is -0.507 e. The van der Waals surface area contributed by atoms with Crippen molar-refractivity contribution in [1.29, 1.82) is 0 Å². The molecule has 1 N–H and O–H groups in total. The van der Waals surface area contributed by atoms with Crippen molar-refractivity contribution in [2.75, 3.05) is 32.3 Å². The summed E-state index contributed by atoms with van der Waals surface area (Å²) in [6.07, 6.45) is 3.15. The summed E-state index contributed by atoms with van der Waals surface area (Å²) in [4.78, 5) is 28.3. The van der Waals surface area contributed by atoms with E-state index in [1.54, 1.807) is 66.7 Å². The first-order valence-electron chi connectivity index (χ1n) is 13.4. The van der Waals surface area contributed by atoms with Gasteiger partial charge in [0.25, 0.3) is 11.7 Å². The number of carbonyl (C=O) groups excluding carboxylic acids is 2. The highest BCUT2D eigenvalue weighted by atomic mass is 16.5. The SMILES string of the molecule is CCCCCOc1ccc(/C(O)=C2/C(=O)C(=O)N(c3ccc(OCC)cc3)C2c2ccc(OC)c(OC)c2)cc1. The van der Waals surface area contributed by atoms with E-state index in [4.69, 9.17) is 18.9 Å². The summed E-state index contributed by atoms with van der Waals surface area (Å²) >= 11 is 0. The normalized spacial score (nSPS) is 16.2. The summed E-state index contributed by atoms with van der Waals surface area (Å²) in [5.41, 5.74) is 1.43. The second kappa shape index (κ2) is 13.1. The van der Waals surface area contributed by atoms with Gasteiger partial charge in [0, 0.05) is 11.3 Å². The molecule has 1 atom stereocenters. The zero-order chi connectivity index (χ0) is 28.6. The third-order valence-electron chi connectivity index (χ3n) is 6.74. The average molecular weight is 546 g/mol. The predicted octanol–water partition coefficient (Wildman–Crippen LogP) is 6.30. The molecule has 0 spiro atoms. The van der Waals surface area contributed by atoms with E-state index >= 15 is 0 Å². The number of hydrogen-bond acceptors (Lipinski definition) is 7. The Morgan fingerprint density at radius 1 is 0.825 bits per heavy atom. The van der Waals surface area contributed by atoms with Gasteiger partial charge in [0.1, 0.15) is 17.3 Å². The minimum atomic E-state index is -0.914. The molecule has 4 rings (SSSR count). The Kier molecular flexibility index (Phi) is 9.32. The smallest absolute Gasteiger partial charge is 0.300 e. The molecule has 0 aliphatic carbocycles. The van der Waals surface area contributed by atoms with Crippen LogP contribution < -0.4 is 23.8 Å². The monoisotopic (exact) mass is 545 g/mol. The molecule has 210 valence electrons. The first-order chi connectivity index (χ1) is 19.4. The number of nitrogens with zero attached hydrogens (tertiary/aromatic N) is 1. The van der Waals surface area contributed by atoms with Crippen molar-refractivity contribution in [3.63, 3.8) is 0 Å². The van der Waals surface area contributed by atoms with Crippen LogP contribution in [0.3, 0.4) is 0 Å². The number of amides is 1. The van der Waals surface area contributed by atoms with Crippen LogP contribution in [-0.4, -0.2) is 44.2 Å². The summed E-state index contributed by atoms with van der Waals surface area (Å²) in [6, 6.07) is 18.0. The highest BCUT2D eigenvalue weighted by Gasteiger charge is 2.47. The Morgan fingerprint density at radius 2 is 1.48 bits per heavy atom. The molecule has 1 heterocycles. The van der Waals surface area contributed by atoms with Gasteiger partial charge in [-0.2, -0.15) is 0 Å². The molecule has 40 heavy (non-hydrogen) atoms. The van der Waals surface area contributed by atoms with Crippen LogP contribution in [0, 0.1) is 0 Å². The van der Waals surface area contributed by atoms with Crippen LogP contribution in [0.25, 0.3) is 5.76 Å². The molecule has 3 aromatic carbocycles. The summed E-state index contributed by atoms with van der Waals surface area (Å²) in [6.45, 7) is 5.12. The van der Waals surface area contributed by atoms with Gasteiger partial charge in [-0.3, -0.25) is 14.5 Å². The highest BCUT2D eigenvalue weighted by Crippen LogP contribution is 2.44. The molecule has 1 aliphatic rings. The summed E-state index contributed by atoms with van der Waals surface area (Å²) < 4.78 is 22.2. The molecule has 0 bridgehead atoms. The van der Waals surface area contributed by atoms with Gasteiger partial charge in [0.05, 0.1) is 39.0 Å². The quantitative estimate of drug-likeness (QED) is 0.124. The second-order valence-corrected chi connectivity index (χ2v) is 9.29. The molecule has 0 radical (unpaired) electrons. The molecule has 0 saturated carbocycles. The van der Waals surface area contributed by atoms with E-state index in [2.05, 4.69) is 6.92 Å². The number of methoxy groups -OCH3 is 2. The average Bonchev–Trinajstić information content (AvgIpc) is 3.25. The van der Waals surface area contributed by atoms with Crippen molar-refractivity contribution >= 4 is 23.1 Å². The number of Topliss-reactive ketones (excluding diaryl/α,β-unsaturated/α-hetero) is 1. The van der Waals surface area contributed by atoms with Crippen LogP contribution in [0.15, 0.2) is 72.3 Å². The van der Waals surface area contributed by atoms with Crippen LogP contribution in [0.1, 0.15) is 50.3 Å². The molecule has 1 fully saturated rings. The number of carbonyl (C=O) groups is 2. The van der Waals surface area contributed by atoms with Crippen LogP contribution in [0.5, 0.6) is 23.0 Å². The van der Waals surface area contributed by atoms with E-state index in [0.717, 1.165) is 19.3 Å². The molecule has 3 aromatic rings. The van der Waals surface area contributed by atoms with Crippen molar-refractivity contribution in [3.05, 3.63) is 83.4 Å². The van der Waals surface area contributed by atoms with Crippen LogP contribution >= 0.6 is 0 Å². The van der Waals surface area contributed by atoms with E-state index in [1.165, 1.54) is 19.1 Å². The lowest BCUT2D eigenvalue weighted by Crippen LogP contribution is -2.29. The lowest BCUT2D eigenvalue weighted by Gasteiger charge is -2.26. The summed E-state index contributed by atoms with van der Waals surface area (Å²) in [5, 5.41) is 11.4. The molecule has 1 unspecified atom stereocenters. The van der Waals surface area contributed by atoms with Gasteiger partial charge in [-0.1, -0.05) is 25.8 Å².